The summed E-state index contributed by atoms with van der Waals surface area (Å²) in [4.78, 5) is 4.29. The lowest BCUT2D eigenvalue weighted by molar-refractivity contribution is 0.191. The summed E-state index contributed by atoms with van der Waals surface area (Å²) in [5.74, 6) is 1.16. The van der Waals surface area contributed by atoms with E-state index >= 15 is 0 Å². The third-order valence-corrected chi connectivity index (χ3v) is 2.97. The topological polar surface area (TPSA) is 91.4 Å². The molecule has 3 N–H and O–H groups in total. The molecule has 3 rings (SSSR count). The quantitative estimate of drug-likeness (QED) is 0.728. The van der Waals surface area contributed by atoms with E-state index < -0.39 is 0 Å². The Morgan fingerprint density at radius 3 is 2.72 bits per heavy atom. The molecule has 1 aromatic carbocycles. The highest BCUT2D eigenvalue weighted by Crippen LogP contribution is 2.25. The predicted molar refractivity (Wildman–Crippen MR) is 62.8 cm³/mol. The first-order chi connectivity index (χ1) is 8.72. The molecule has 0 spiro atoms. The van der Waals surface area contributed by atoms with E-state index in [1.54, 1.807) is 24.3 Å². The molecule has 1 aliphatic rings. The zero-order valence-electron chi connectivity index (χ0n) is 9.58. The van der Waals surface area contributed by atoms with Crippen LogP contribution in [-0.2, 0) is 0 Å². The summed E-state index contributed by atoms with van der Waals surface area (Å²) in [5, 5.41) is 25.7. The summed E-state index contributed by atoms with van der Waals surface area (Å²) in [6.45, 7) is 0.543. The lowest BCUT2D eigenvalue weighted by atomic mass is 10.2. The molecule has 2 aromatic rings. The van der Waals surface area contributed by atoms with Gasteiger partial charge in [0.05, 0.1) is 12.1 Å². The zero-order valence-corrected chi connectivity index (χ0v) is 9.58. The smallest absolute Gasteiger partial charge is 0.244 e. The number of phenolic OH excluding ortho intramolecular Hbond substituents is 1. The van der Waals surface area contributed by atoms with E-state index in [-0.39, 0.29) is 17.9 Å². The molecule has 1 aliphatic heterocycles. The zero-order chi connectivity index (χ0) is 12.5. The minimum atomic E-state index is -0.362. The average molecular weight is 247 g/mol. The average Bonchev–Trinajstić information content (AvgIpc) is 2.98. The van der Waals surface area contributed by atoms with Crippen LogP contribution >= 0.6 is 0 Å². The molecule has 2 atom stereocenters. The van der Waals surface area contributed by atoms with Gasteiger partial charge in [-0.15, -0.1) is 0 Å². The van der Waals surface area contributed by atoms with Crippen LogP contribution in [0.2, 0.25) is 0 Å². The Balaban J connectivity index is 1.83. The van der Waals surface area contributed by atoms with Gasteiger partial charge in [0.25, 0.3) is 0 Å². The van der Waals surface area contributed by atoms with E-state index in [4.69, 9.17) is 4.52 Å². The van der Waals surface area contributed by atoms with Crippen LogP contribution in [0.1, 0.15) is 18.4 Å². The Hall–Kier alpha value is -1.92. The van der Waals surface area contributed by atoms with Gasteiger partial charge in [-0.25, -0.2) is 0 Å². The van der Waals surface area contributed by atoms with Gasteiger partial charge in [-0.3, -0.25) is 0 Å². The number of hydrogen-bond donors (Lipinski definition) is 3. The standard InChI is InChI=1S/C12H13N3O3/c16-8-3-1-7(2-4-8)11-14-12(18-15-11)10-5-9(17)6-13-10/h1-4,9-10,13,16-17H,5-6H2/t9?,10-/m0/s1. The summed E-state index contributed by atoms with van der Waals surface area (Å²) in [6.07, 6.45) is 0.219. The summed E-state index contributed by atoms with van der Waals surface area (Å²) in [6, 6.07) is 6.51. The number of nitrogens with one attached hydrogen (secondary N) is 1. The number of hydrogen-bond acceptors (Lipinski definition) is 6. The van der Waals surface area contributed by atoms with Crippen molar-refractivity contribution in [1.29, 1.82) is 0 Å². The van der Waals surface area contributed by atoms with Crippen molar-refractivity contribution in [2.24, 2.45) is 0 Å². The molecule has 1 unspecified atom stereocenters. The lowest BCUT2D eigenvalue weighted by Crippen LogP contribution is -2.15. The Morgan fingerprint density at radius 1 is 1.28 bits per heavy atom. The van der Waals surface area contributed by atoms with E-state index in [1.165, 1.54) is 0 Å². The maximum atomic E-state index is 9.44. The third-order valence-electron chi connectivity index (χ3n) is 2.97. The maximum absolute atomic E-state index is 9.44. The highest BCUT2D eigenvalue weighted by Gasteiger charge is 2.28. The second-order valence-electron chi connectivity index (χ2n) is 4.35. The van der Waals surface area contributed by atoms with Crippen LogP contribution in [0.15, 0.2) is 28.8 Å². The molecule has 2 heterocycles. The molecule has 0 amide bonds. The Kier molecular flexibility index (Phi) is 2.73. The van der Waals surface area contributed by atoms with Crippen molar-refractivity contribution in [3.8, 4) is 17.1 Å². The number of aromatic hydroxyl groups is 1. The van der Waals surface area contributed by atoms with Crippen molar-refractivity contribution >= 4 is 0 Å². The molecule has 94 valence electrons. The second-order valence-corrected chi connectivity index (χ2v) is 4.35. The van der Waals surface area contributed by atoms with Crippen LogP contribution in [0.25, 0.3) is 11.4 Å². The number of nitrogens with zero attached hydrogens (tertiary/aromatic N) is 2. The number of β-amino-alcohol motifs (C(OH)–C–C–N with tert-alkyl or cyclic N) is 1. The summed E-state index contributed by atoms with van der Waals surface area (Å²) in [5.41, 5.74) is 0.779. The van der Waals surface area contributed by atoms with E-state index in [0.717, 1.165) is 5.56 Å². The van der Waals surface area contributed by atoms with E-state index in [1.807, 2.05) is 0 Å². The monoisotopic (exact) mass is 247 g/mol. The molecule has 0 bridgehead atoms. The molecule has 18 heavy (non-hydrogen) atoms. The predicted octanol–water partition coefficient (Wildman–Crippen LogP) is 0.837. The van der Waals surface area contributed by atoms with Crippen molar-refractivity contribution in [3.63, 3.8) is 0 Å². The number of benzene rings is 1. The summed E-state index contributed by atoms with van der Waals surface area (Å²) < 4.78 is 5.18. The van der Waals surface area contributed by atoms with Gasteiger partial charge < -0.3 is 20.1 Å². The van der Waals surface area contributed by atoms with E-state index in [9.17, 15) is 10.2 Å². The van der Waals surface area contributed by atoms with Gasteiger partial charge in [-0.2, -0.15) is 4.98 Å². The van der Waals surface area contributed by atoms with Crippen molar-refractivity contribution in [3.05, 3.63) is 30.2 Å². The molecule has 1 aromatic heterocycles. The Morgan fingerprint density at radius 2 is 2.06 bits per heavy atom. The van der Waals surface area contributed by atoms with Gasteiger partial charge >= 0.3 is 0 Å². The number of aromatic nitrogens is 2. The van der Waals surface area contributed by atoms with Gasteiger partial charge in [0.2, 0.25) is 11.7 Å². The number of aliphatic hydroxyl groups excluding tert-OH is 1. The van der Waals surface area contributed by atoms with Crippen LogP contribution in [0.5, 0.6) is 5.75 Å². The van der Waals surface area contributed by atoms with Crippen LogP contribution in [0.4, 0.5) is 0 Å². The van der Waals surface area contributed by atoms with Crippen LogP contribution in [-0.4, -0.2) is 33.0 Å². The van der Waals surface area contributed by atoms with Crippen LogP contribution in [0, 0.1) is 0 Å². The molecule has 6 nitrogen and oxygen atoms in total. The van der Waals surface area contributed by atoms with E-state index in [0.29, 0.717) is 24.7 Å². The normalized spacial score (nSPS) is 23.4. The number of rotatable bonds is 2. The number of phenols is 1. The first-order valence-corrected chi connectivity index (χ1v) is 5.77. The van der Waals surface area contributed by atoms with Crippen LogP contribution in [0.3, 0.4) is 0 Å². The fraction of sp³-hybridized carbons (Fsp3) is 0.333. The van der Waals surface area contributed by atoms with Gasteiger partial charge in [0, 0.05) is 12.1 Å². The minimum Gasteiger partial charge on any atom is -0.508 e. The maximum Gasteiger partial charge on any atom is 0.244 e. The summed E-state index contributed by atoms with van der Waals surface area (Å²) in [7, 11) is 0. The third kappa shape index (κ3) is 2.07. The first kappa shape index (κ1) is 11.2. The second kappa shape index (κ2) is 4.40. The van der Waals surface area contributed by atoms with Crippen molar-refractivity contribution in [2.75, 3.05) is 6.54 Å². The van der Waals surface area contributed by atoms with Gasteiger partial charge in [0.1, 0.15) is 5.75 Å². The fourth-order valence-electron chi connectivity index (χ4n) is 2.01. The Bertz CT molecular complexity index is 538. The highest BCUT2D eigenvalue weighted by molar-refractivity contribution is 5.55. The van der Waals surface area contributed by atoms with Gasteiger partial charge in [0.15, 0.2) is 0 Å². The molecule has 6 heteroatoms. The molecule has 0 aliphatic carbocycles. The van der Waals surface area contributed by atoms with Crippen LogP contribution < -0.4 is 5.32 Å². The molecular weight excluding hydrogens is 234 g/mol. The Labute approximate surface area is 103 Å². The van der Waals surface area contributed by atoms with Crippen molar-refractivity contribution < 1.29 is 14.7 Å². The highest BCUT2D eigenvalue weighted by atomic mass is 16.5. The van der Waals surface area contributed by atoms with Crippen molar-refractivity contribution in [1.82, 2.24) is 15.5 Å². The van der Waals surface area contributed by atoms with Gasteiger partial charge in [-0.05, 0) is 30.7 Å². The number of aliphatic hydroxyl groups is 1. The molecule has 0 radical (unpaired) electrons. The van der Waals surface area contributed by atoms with Crippen molar-refractivity contribution in [2.45, 2.75) is 18.6 Å². The SMILES string of the molecule is Oc1ccc(-c2noc([C@@H]3CC(O)CN3)n2)cc1. The first-order valence-electron chi connectivity index (χ1n) is 5.77. The molecular formula is C12H13N3O3. The molecule has 0 saturated carbocycles. The fourth-order valence-corrected chi connectivity index (χ4v) is 2.01. The van der Waals surface area contributed by atoms with E-state index in [2.05, 4.69) is 15.5 Å². The summed E-state index contributed by atoms with van der Waals surface area (Å²) >= 11 is 0. The lowest BCUT2D eigenvalue weighted by Gasteiger charge is -2.01. The van der Waals surface area contributed by atoms with Gasteiger partial charge in [-0.1, -0.05) is 5.16 Å². The molecule has 1 saturated heterocycles. The largest absolute Gasteiger partial charge is 0.508 e. The molecule has 1 fully saturated rings. The minimum absolute atomic E-state index is 0.0848.